The highest BCUT2D eigenvalue weighted by atomic mass is 16.3. The molecule has 0 saturated heterocycles. The molecule has 0 atom stereocenters. The molecule has 3 N–H and O–H groups in total. The molecule has 0 aliphatic heterocycles. The zero-order valence-corrected chi connectivity index (χ0v) is 11.3. The van der Waals surface area contributed by atoms with Crippen molar-refractivity contribution in [2.45, 2.75) is 33.7 Å². The Balaban J connectivity index is 3.00. The van der Waals surface area contributed by atoms with Crippen LogP contribution in [0.2, 0.25) is 0 Å². The van der Waals surface area contributed by atoms with E-state index >= 15 is 0 Å². The molecule has 1 rings (SSSR count). The van der Waals surface area contributed by atoms with Gasteiger partial charge in [0.2, 0.25) is 0 Å². The monoisotopic (exact) mass is 254 g/mol. The summed E-state index contributed by atoms with van der Waals surface area (Å²) in [6.07, 6.45) is 0.568. The normalized spacial score (nSPS) is 10.7. The van der Waals surface area contributed by atoms with Crippen molar-refractivity contribution < 1.29 is 9.90 Å². The number of aliphatic hydroxyl groups excluding tert-OH is 1. The fraction of sp³-hybridized carbons (Fsp3) is 0.667. The molecule has 1 heterocycles. The van der Waals surface area contributed by atoms with Crippen LogP contribution < -0.4 is 5.73 Å². The first kappa shape index (κ1) is 14.5. The molecule has 0 bridgehead atoms. The van der Waals surface area contributed by atoms with Crippen molar-refractivity contribution in [1.82, 2.24) is 14.7 Å². The van der Waals surface area contributed by atoms with E-state index in [4.69, 9.17) is 10.8 Å². The zero-order valence-electron chi connectivity index (χ0n) is 11.3. The average molecular weight is 254 g/mol. The van der Waals surface area contributed by atoms with Crippen LogP contribution in [0.4, 0.5) is 5.69 Å². The molecule has 0 saturated carbocycles. The summed E-state index contributed by atoms with van der Waals surface area (Å²) in [6.45, 7) is 7.42. The Labute approximate surface area is 107 Å². The Morgan fingerprint density at radius 1 is 1.50 bits per heavy atom. The van der Waals surface area contributed by atoms with Gasteiger partial charge in [0.25, 0.3) is 5.91 Å². The molecule has 1 amide bonds. The van der Waals surface area contributed by atoms with Crippen molar-refractivity contribution in [1.29, 1.82) is 0 Å². The van der Waals surface area contributed by atoms with Crippen LogP contribution in [0.3, 0.4) is 0 Å². The molecule has 18 heavy (non-hydrogen) atoms. The summed E-state index contributed by atoms with van der Waals surface area (Å²) in [4.78, 5) is 14.1. The number of hydrogen-bond donors (Lipinski definition) is 2. The molecule has 0 fully saturated rings. The van der Waals surface area contributed by atoms with Gasteiger partial charge in [0.15, 0.2) is 0 Å². The molecule has 1 aromatic heterocycles. The summed E-state index contributed by atoms with van der Waals surface area (Å²) in [5.41, 5.74) is 7.50. The van der Waals surface area contributed by atoms with Crippen LogP contribution in [0.5, 0.6) is 0 Å². The van der Waals surface area contributed by atoms with Crippen molar-refractivity contribution in [2.24, 2.45) is 0 Å². The van der Waals surface area contributed by atoms with E-state index in [2.05, 4.69) is 5.10 Å². The van der Waals surface area contributed by atoms with E-state index in [-0.39, 0.29) is 12.5 Å². The summed E-state index contributed by atoms with van der Waals surface area (Å²) >= 11 is 0. The van der Waals surface area contributed by atoms with Crippen LogP contribution in [-0.2, 0) is 6.54 Å². The van der Waals surface area contributed by atoms with Crippen LogP contribution >= 0.6 is 0 Å². The number of hydrogen-bond acceptors (Lipinski definition) is 4. The van der Waals surface area contributed by atoms with Crippen LogP contribution in [-0.4, -0.2) is 45.4 Å². The van der Waals surface area contributed by atoms with Crippen LogP contribution in [0.15, 0.2) is 0 Å². The lowest BCUT2D eigenvalue weighted by atomic mass is 10.2. The lowest BCUT2D eigenvalue weighted by molar-refractivity contribution is 0.0743. The van der Waals surface area contributed by atoms with Crippen molar-refractivity contribution >= 4 is 11.6 Å². The van der Waals surface area contributed by atoms with Gasteiger partial charge in [0, 0.05) is 26.2 Å². The summed E-state index contributed by atoms with van der Waals surface area (Å²) in [7, 11) is 0. The Kier molecular flexibility index (Phi) is 5.15. The van der Waals surface area contributed by atoms with Crippen LogP contribution in [0, 0.1) is 6.92 Å². The number of aromatic nitrogens is 2. The molecule has 0 unspecified atom stereocenters. The molecule has 0 aliphatic carbocycles. The molecule has 0 spiro atoms. The molecule has 102 valence electrons. The van der Waals surface area contributed by atoms with Crippen molar-refractivity contribution in [2.75, 3.05) is 25.4 Å². The first-order valence-corrected chi connectivity index (χ1v) is 6.29. The highest BCUT2D eigenvalue weighted by Crippen LogP contribution is 2.18. The van der Waals surface area contributed by atoms with Crippen molar-refractivity contribution in [3.8, 4) is 0 Å². The standard InChI is InChI=1S/C12H22N4O2/c1-4-15(7-6-8-17)12(18)11-10(13)9(3)14-16(11)5-2/h17H,4-8,13H2,1-3H3. The fourth-order valence-electron chi connectivity index (χ4n) is 1.86. The van der Waals surface area contributed by atoms with Gasteiger partial charge in [0.05, 0.1) is 11.4 Å². The smallest absolute Gasteiger partial charge is 0.274 e. The zero-order chi connectivity index (χ0) is 13.7. The number of nitrogen functional groups attached to an aromatic ring is 1. The number of nitrogens with two attached hydrogens (primary N) is 1. The molecular weight excluding hydrogens is 232 g/mol. The van der Waals surface area contributed by atoms with Gasteiger partial charge in [-0.25, -0.2) is 0 Å². The minimum Gasteiger partial charge on any atom is -0.396 e. The molecular formula is C12H22N4O2. The highest BCUT2D eigenvalue weighted by molar-refractivity contribution is 5.98. The number of amides is 1. The summed E-state index contributed by atoms with van der Waals surface area (Å²) in [5.74, 6) is -0.120. The maximum Gasteiger partial charge on any atom is 0.274 e. The quantitative estimate of drug-likeness (QED) is 0.780. The maximum absolute atomic E-state index is 12.4. The van der Waals surface area contributed by atoms with Crippen molar-refractivity contribution in [3.05, 3.63) is 11.4 Å². The summed E-state index contributed by atoms with van der Waals surface area (Å²) in [5, 5.41) is 13.1. The van der Waals surface area contributed by atoms with Gasteiger partial charge in [0.1, 0.15) is 5.69 Å². The number of carbonyl (C=O) groups is 1. The minimum absolute atomic E-state index is 0.0747. The first-order chi connectivity index (χ1) is 8.56. The first-order valence-electron chi connectivity index (χ1n) is 6.29. The minimum atomic E-state index is -0.120. The number of carbonyl (C=O) groups excluding carboxylic acids is 1. The number of aryl methyl sites for hydroxylation is 2. The highest BCUT2D eigenvalue weighted by Gasteiger charge is 2.23. The molecule has 6 heteroatoms. The second-order valence-corrected chi connectivity index (χ2v) is 4.13. The van der Waals surface area contributed by atoms with Crippen LogP contribution in [0.25, 0.3) is 0 Å². The van der Waals surface area contributed by atoms with Gasteiger partial charge in [-0.15, -0.1) is 0 Å². The number of nitrogens with zero attached hydrogens (tertiary/aromatic N) is 3. The van der Waals surface area contributed by atoms with Gasteiger partial charge in [-0.1, -0.05) is 0 Å². The molecule has 0 radical (unpaired) electrons. The maximum atomic E-state index is 12.4. The van der Waals surface area contributed by atoms with E-state index in [0.717, 1.165) is 0 Å². The van der Waals surface area contributed by atoms with Crippen molar-refractivity contribution in [3.63, 3.8) is 0 Å². The van der Waals surface area contributed by atoms with Gasteiger partial charge < -0.3 is 15.7 Å². The van der Waals surface area contributed by atoms with E-state index in [1.165, 1.54) is 0 Å². The largest absolute Gasteiger partial charge is 0.396 e. The van der Waals surface area contributed by atoms with E-state index in [1.807, 2.05) is 13.8 Å². The summed E-state index contributed by atoms with van der Waals surface area (Å²) < 4.78 is 1.63. The van der Waals surface area contributed by atoms with E-state index in [0.29, 0.717) is 43.1 Å². The third-order valence-corrected chi connectivity index (χ3v) is 2.93. The number of anilines is 1. The second-order valence-electron chi connectivity index (χ2n) is 4.13. The second kappa shape index (κ2) is 6.39. The lowest BCUT2D eigenvalue weighted by Crippen LogP contribution is -2.34. The van der Waals surface area contributed by atoms with E-state index < -0.39 is 0 Å². The predicted octanol–water partition coefficient (Wildman–Crippen LogP) is 0.638. The van der Waals surface area contributed by atoms with Gasteiger partial charge in [-0.2, -0.15) is 5.10 Å². The van der Waals surface area contributed by atoms with E-state index in [1.54, 1.807) is 16.5 Å². The Morgan fingerprint density at radius 3 is 2.67 bits per heavy atom. The fourth-order valence-corrected chi connectivity index (χ4v) is 1.86. The number of rotatable bonds is 6. The Morgan fingerprint density at radius 2 is 2.17 bits per heavy atom. The van der Waals surface area contributed by atoms with Gasteiger partial charge in [-0.3, -0.25) is 9.48 Å². The lowest BCUT2D eigenvalue weighted by Gasteiger charge is -2.21. The third-order valence-electron chi connectivity index (χ3n) is 2.93. The Bertz CT molecular complexity index is 414. The number of aliphatic hydroxyl groups is 1. The molecule has 6 nitrogen and oxygen atoms in total. The third kappa shape index (κ3) is 2.81. The van der Waals surface area contributed by atoms with E-state index in [9.17, 15) is 4.79 Å². The van der Waals surface area contributed by atoms with Gasteiger partial charge in [-0.05, 0) is 27.2 Å². The predicted molar refractivity (Wildman–Crippen MR) is 70.3 cm³/mol. The average Bonchev–Trinajstić information content (AvgIpc) is 2.66. The molecule has 1 aromatic rings. The topological polar surface area (TPSA) is 84.4 Å². The Hall–Kier alpha value is -1.56. The van der Waals surface area contributed by atoms with Gasteiger partial charge >= 0.3 is 0 Å². The SMILES string of the molecule is CCN(CCCO)C(=O)c1c(N)c(C)nn1CC. The summed E-state index contributed by atoms with van der Waals surface area (Å²) in [6, 6.07) is 0. The molecule has 0 aliphatic rings. The molecule has 0 aromatic carbocycles. The van der Waals surface area contributed by atoms with Crippen LogP contribution in [0.1, 0.15) is 36.5 Å².